The quantitative estimate of drug-likeness (QED) is 0.639. The molecule has 0 spiro atoms. The number of aromatic nitrogens is 4. The number of aryl methyl sites for hydroxylation is 2. The van der Waals surface area contributed by atoms with Gasteiger partial charge in [0.25, 0.3) is 5.56 Å². The zero-order valence-corrected chi connectivity index (χ0v) is 17.0. The van der Waals surface area contributed by atoms with E-state index >= 15 is 0 Å². The number of thioether (sulfide) groups is 1. The topological polar surface area (TPSA) is 92.7 Å². The fourth-order valence-electron chi connectivity index (χ4n) is 2.88. The van der Waals surface area contributed by atoms with Crippen molar-refractivity contribution >= 4 is 23.5 Å². The number of carbonyl (C=O) groups is 1. The second-order valence-electron chi connectivity index (χ2n) is 6.42. The number of carbonyl (C=O) groups excluding carboxylic acids is 1. The summed E-state index contributed by atoms with van der Waals surface area (Å²) in [4.78, 5) is 31.8. The fourth-order valence-corrected chi connectivity index (χ4v) is 3.66. The Balaban J connectivity index is 1.72. The zero-order valence-electron chi connectivity index (χ0n) is 16.2. The summed E-state index contributed by atoms with van der Waals surface area (Å²) in [6, 6.07) is 11.8. The van der Waals surface area contributed by atoms with E-state index in [9.17, 15) is 9.59 Å². The number of H-pyrrole nitrogens is 1. The predicted molar refractivity (Wildman–Crippen MR) is 112 cm³/mol. The maximum atomic E-state index is 12.4. The van der Waals surface area contributed by atoms with Gasteiger partial charge in [0.2, 0.25) is 11.9 Å². The van der Waals surface area contributed by atoms with Crippen molar-refractivity contribution in [2.75, 3.05) is 11.1 Å². The molecule has 0 bridgehead atoms. The fraction of sp³-hybridized carbons (Fsp3) is 0.300. The average Bonchev–Trinajstić information content (AvgIpc) is 3.02. The highest BCUT2D eigenvalue weighted by molar-refractivity contribution is 7.99. The monoisotopic (exact) mass is 397 g/mol. The Labute approximate surface area is 167 Å². The van der Waals surface area contributed by atoms with Crippen LogP contribution in [0.25, 0.3) is 5.95 Å². The van der Waals surface area contributed by atoms with Crippen molar-refractivity contribution in [3.63, 3.8) is 0 Å². The van der Waals surface area contributed by atoms with Crippen LogP contribution in [0.2, 0.25) is 0 Å². The zero-order chi connectivity index (χ0) is 20.1. The number of amides is 1. The van der Waals surface area contributed by atoms with Crippen LogP contribution in [0.15, 0.2) is 41.2 Å². The van der Waals surface area contributed by atoms with Crippen LogP contribution in [-0.2, 0) is 17.0 Å². The number of anilines is 1. The Bertz CT molecular complexity index is 1030. The second-order valence-corrected chi connectivity index (χ2v) is 7.40. The van der Waals surface area contributed by atoms with E-state index < -0.39 is 0 Å². The summed E-state index contributed by atoms with van der Waals surface area (Å²) in [6.07, 6.45) is 0.606. The Morgan fingerprint density at radius 3 is 2.68 bits per heavy atom. The maximum absolute atomic E-state index is 12.4. The predicted octanol–water partition coefficient (Wildman–Crippen LogP) is 3.01. The van der Waals surface area contributed by atoms with E-state index in [1.807, 2.05) is 44.2 Å². The van der Waals surface area contributed by atoms with E-state index in [1.165, 1.54) is 22.0 Å². The van der Waals surface area contributed by atoms with Crippen LogP contribution < -0.4 is 10.9 Å². The first-order valence-electron chi connectivity index (χ1n) is 9.06. The lowest BCUT2D eigenvalue weighted by atomic mass is 10.2. The molecule has 28 heavy (non-hydrogen) atoms. The van der Waals surface area contributed by atoms with E-state index in [0.29, 0.717) is 40.9 Å². The van der Waals surface area contributed by atoms with Gasteiger partial charge in [0.05, 0.1) is 11.4 Å². The molecule has 7 nitrogen and oxygen atoms in total. The highest BCUT2D eigenvalue weighted by Crippen LogP contribution is 2.16. The lowest BCUT2D eigenvalue weighted by Gasteiger charge is -2.10. The first kappa shape index (κ1) is 19.9. The van der Waals surface area contributed by atoms with Gasteiger partial charge in [-0.1, -0.05) is 37.3 Å². The molecule has 2 heterocycles. The highest BCUT2D eigenvalue weighted by Gasteiger charge is 2.15. The SMILES string of the molecule is CCc1c(C)nc(-n2nc(C)cc2NC(=O)CSCc2ccccc2)[nH]c1=O. The molecule has 0 atom stereocenters. The number of aromatic amines is 1. The van der Waals surface area contributed by atoms with Crippen molar-refractivity contribution in [1.82, 2.24) is 19.7 Å². The van der Waals surface area contributed by atoms with E-state index in [2.05, 4.69) is 20.4 Å². The van der Waals surface area contributed by atoms with E-state index in [0.717, 1.165) is 5.75 Å². The summed E-state index contributed by atoms with van der Waals surface area (Å²) in [6.45, 7) is 5.53. The smallest absolute Gasteiger partial charge is 0.255 e. The Hall–Kier alpha value is -2.87. The molecule has 0 aliphatic heterocycles. The van der Waals surface area contributed by atoms with Crippen LogP contribution in [0.3, 0.4) is 0 Å². The molecule has 0 unspecified atom stereocenters. The van der Waals surface area contributed by atoms with E-state index in [4.69, 9.17) is 0 Å². The van der Waals surface area contributed by atoms with Crippen molar-refractivity contribution < 1.29 is 4.79 Å². The van der Waals surface area contributed by atoms with Crippen molar-refractivity contribution in [3.8, 4) is 5.95 Å². The number of hydrogen-bond donors (Lipinski definition) is 2. The molecule has 2 aromatic heterocycles. The standard InChI is InChI=1S/C20H23N5O2S/c1-4-16-14(3)21-20(23-19(16)27)25-17(10-13(2)24-25)22-18(26)12-28-11-15-8-6-5-7-9-15/h5-10H,4,11-12H2,1-3H3,(H,22,26)(H,21,23,27). The third-order valence-corrected chi connectivity index (χ3v) is 5.21. The molecule has 8 heteroatoms. The van der Waals surface area contributed by atoms with Crippen LogP contribution in [0, 0.1) is 13.8 Å². The summed E-state index contributed by atoms with van der Waals surface area (Å²) in [5.74, 6) is 1.72. The molecule has 0 saturated heterocycles. The van der Waals surface area contributed by atoms with Crippen LogP contribution in [0.4, 0.5) is 5.82 Å². The molecular weight excluding hydrogens is 374 g/mol. The molecule has 1 aromatic carbocycles. The number of benzene rings is 1. The molecule has 0 aliphatic rings. The summed E-state index contributed by atoms with van der Waals surface area (Å²) >= 11 is 1.54. The van der Waals surface area contributed by atoms with E-state index in [1.54, 1.807) is 13.0 Å². The van der Waals surface area contributed by atoms with Gasteiger partial charge in [-0.2, -0.15) is 9.78 Å². The minimum Gasteiger partial charge on any atom is -0.310 e. The largest absolute Gasteiger partial charge is 0.310 e. The molecule has 0 aliphatic carbocycles. The number of rotatable bonds is 7. The van der Waals surface area contributed by atoms with Gasteiger partial charge in [0.15, 0.2) is 0 Å². The Morgan fingerprint density at radius 2 is 2.00 bits per heavy atom. The molecule has 2 N–H and O–H groups in total. The summed E-state index contributed by atoms with van der Waals surface area (Å²) in [5, 5.41) is 7.22. The van der Waals surface area contributed by atoms with Crippen LogP contribution in [-0.4, -0.2) is 31.4 Å². The summed E-state index contributed by atoms with van der Waals surface area (Å²) in [5.41, 5.74) is 3.01. The molecule has 1 amide bonds. The first-order chi connectivity index (χ1) is 13.5. The van der Waals surface area contributed by atoms with Crippen LogP contribution in [0.5, 0.6) is 0 Å². The Kier molecular flexibility index (Phi) is 6.30. The third-order valence-electron chi connectivity index (χ3n) is 4.21. The van der Waals surface area contributed by atoms with Gasteiger partial charge in [0.1, 0.15) is 5.82 Å². The number of nitrogens with zero attached hydrogens (tertiary/aromatic N) is 3. The molecule has 0 radical (unpaired) electrons. The van der Waals surface area contributed by atoms with Crippen molar-refractivity contribution in [2.24, 2.45) is 0 Å². The third kappa shape index (κ3) is 4.69. The van der Waals surface area contributed by atoms with Crippen molar-refractivity contribution in [2.45, 2.75) is 32.9 Å². The molecule has 0 saturated carbocycles. The van der Waals surface area contributed by atoms with Crippen LogP contribution in [0.1, 0.15) is 29.4 Å². The highest BCUT2D eigenvalue weighted by atomic mass is 32.2. The second kappa shape index (κ2) is 8.88. The first-order valence-corrected chi connectivity index (χ1v) is 10.2. The molecule has 3 rings (SSSR count). The van der Waals surface area contributed by atoms with Gasteiger partial charge in [0, 0.05) is 23.1 Å². The molecular formula is C20H23N5O2S. The van der Waals surface area contributed by atoms with Crippen molar-refractivity contribution in [3.05, 3.63) is 69.3 Å². The molecule has 146 valence electrons. The van der Waals surface area contributed by atoms with Gasteiger partial charge in [-0.3, -0.25) is 14.6 Å². The average molecular weight is 398 g/mol. The van der Waals surface area contributed by atoms with E-state index in [-0.39, 0.29) is 11.5 Å². The minimum absolute atomic E-state index is 0.133. The van der Waals surface area contributed by atoms with Gasteiger partial charge in [-0.25, -0.2) is 4.98 Å². The number of hydrogen-bond acceptors (Lipinski definition) is 5. The Morgan fingerprint density at radius 1 is 1.25 bits per heavy atom. The van der Waals surface area contributed by atoms with Crippen LogP contribution >= 0.6 is 11.8 Å². The summed E-state index contributed by atoms with van der Waals surface area (Å²) in [7, 11) is 0. The molecule has 0 fully saturated rings. The normalized spacial score (nSPS) is 10.8. The van der Waals surface area contributed by atoms with Gasteiger partial charge < -0.3 is 5.32 Å². The maximum Gasteiger partial charge on any atom is 0.255 e. The van der Waals surface area contributed by atoms with Crippen molar-refractivity contribution in [1.29, 1.82) is 0 Å². The minimum atomic E-state index is -0.186. The molecule has 3 aromatic rings. The number of nitrogens with one attached hydrogen (secondary N) is 2. The van der Waals surface area contributed by atoms with Gasteiger partial charge in [-0.15, -0.1) is 11.8 Å². The summed E-state index contributed by atoms with van der Waals surface area (Å²) < 4.78 is 1.46. The lowest BCUT2D eigenvalue weighted by molar-refractivity contribution is -0.113. The lowest BCUT2D eigenvalue weighted by Crippen LogP contribution is -2.22. The van der Waals surface area contributed by atoms with Gasteiger partial charge >= 0.3 is 0 Å². The van der Waals surface area contributed by atoms with Gasteiger partial charge in [-0.05, 0) is 25.8 Å².